The number of benzene rings is 3. The third kappa shape index (κ3) is 5.20. The highest BCUT2D eigenvalue weighted by Gasteiger charge is 2.16. The Hall–Kier alpha value is -3.73. The molecule has 5 heteroatoms. The molecule has 0 radical (unpaired) electrons. The second-order valence-corrected chi connectivity index (χ2v) is 7.07. The van der Waals surface area contributed by atoms with Gasteiger partial charge in [0.25, 0.3) is 11.6 Å². The number of amides is 1. The summed E-state index contributed by atoms with van der Waals surface area (Å²) >= 11 is 0. The van der Waals surface area contributed by atoms with Crippen molar-refractivity contribution < 1.29 is 9.72 Å². The third-order valence-electron chi connectivity index (χ3n) is 4.96. The van der Waals surface area contributed by atoms with Crippen LogP contribution < -0.4 is 5.32 Å². The average molecular weight is 400 g/mol. The predicted molar refractivity (Wildman–Crippen MR) is 120 cm³/mol. The molecule has 5 nitrogen and oxygen atoms in total. The van der Waals surface area contributed by atoms with Crippen LogP contribution in [0, 0.1) is 10.1 Å². The van der Waals surface area contributed by atoms with Crippen molar-refractivity contribution in [3.63, 3.8) is 0 Å². The summed E-state index contributed by atoms with van der Waals surface area (Å²) in [6, 6.07) is 23.5. The first kappa shape index (κ1) is 21.0. The lowest BCUT2D eigenvalue weighted by atomic mass is 10.00. The Balaban J connectivity index is 1.91. The van der Waals surface area contributed by atoms with Crippen LogP contribution in [0.25, 0.3) is 11.6 Å². The van der Waals surface area contributed by atoms with Gasteiger partial charge in [0.1, 0.15) is 0 Å². The van der Waals surface area contributed by atoms with Crippen molar-refractivity contribution in [2.75, 3.05) is 0 Å². The summed E-state index contributed by atoms with van der Waals surface area (Å²) in [4.78, 5) is 23.8. The molecule has 0 aliphatic heterocycles. The SMILES string of the molecule is CCc1ccc([C@H](C)NC(=O)/C(=C/c2cccc([N+](=O)[O-])c2)c2ccccc2)cc1. The summed E-state index contributed by atoms with van der Waals surface area (Å²) in [6.07, 6.45) is 2.65. The summed E-state index contributed by atoms with van der Waals surface area (Å²) in [7, 11) is 0. The summed E-state index contributed by atoms with van der Waals surface area (Å²) in [6.45, 7) is 4.04. The lowest BCUT2D eigenvalue weighted by molar-refractivity contribution is -0.384. The van der Waals surface area contributed by atoms with Crippen molar-refractivity contribution in [2.45, 2.75) is 26.3 Å². The Kier molecular flexibility index (Phi) is 6.75. The number of hydrogen-bond donors (Lipinski definition) is 1. The molecule has 0 saturated carbocycles. The molecule has 1 atom stereocenters. The molecular weight excluding hydrogens is 376 g/mol. The minimum absolute atomic E-state index is 0.0130. The highest BCUT2D eigenvalue weighted by Crippen LogP contribution is 2.23. The fourth-order valence-corrected chi connectivity index (χ4v) is 3.19. The van der Waals surface area contributed by atoms with E-state index >= 15 is 0 Å². The molecule has 0 unspecified atom stereocenters. The van der Waals surface area contributed by atoms with E-state index in [1.165, 1.54) is 17.7 Å². The highest BCUT2D eigenvalue weighted by molar-refractivity contribution is 6.24. The van der Waals surface area contributed by atoms with Crippen LogP contribution in [0.5, 0.6) is 0 Å². The van der Waals surface area contributed by atoms with E-state index in [2.05, 4.69) is 24.4 Å². The standard InChI is InChI=1S/C25H24N2O3/c1-3-19-12-14-21(15-13-19)18(2)26-25(28)24(22-9-5-4-6-10-22)17-20-8-7-11-23(16-20)27(29)30/h4-18H,3H2,1-2H3,(H,26,28)/b24-17+/t18-/m0/s1. The quantitative estimate of drug-likeness (QED) is 0.244. The van der Waals surface area contributed by atoms with Crippen LogP contribution in [-0.2, 0) is 11.2 Å². The molecular formula is C25H24N2O3. The fourth-order valence-electron chi connectivity index (χ4n) is 3.19. The Labute approximate surface area is 176 Å². The van der Waals surface area contributed by atoms with Crippen molar-refractivity contribution in [3.8, 4) is 0 Å². The molecule has 0 heterocycles. The van der Waals surface area contributed by atoms with Gasteiger partial charge >= 0.3 is 0 Å². The Morgan fingerprint density at radius 2 is 1.73 bits per heavy atom. The monoisotopic (exact) mass is 400 g/mol. The lowest BCUT2D eigenvalue weighted by Gasteiger charge is -2.17. The van der Waals surface area contributed by atoms with Crippen LogP contribution in [0.2, 0.25) is 0 Å². The average Bonchev–Trinajstić information content (AvgIpc) is 2.78. The minimum Gasteiger partial charge on any atom is -0.345 e. The maximum absolute atomic E-state index is 13.2. The number of nitrogens with zero attached hydrogens (tertiary/aromatic N) is 1. The van der Waals surface area contributed by atoms with E-state index in [0.717, 1.165) is 17.5 Å². The lowest BCUT2D eigenvalue weighted by Crippen LogP contribution is -2.27. The molecule has 0 saturated heterocycles. The zero-order valence-corrected chi connectivity index (χ0v) is 17.0. The van der Waals surface area contributed by atoms with Gasteiger partial charge in [0.05, 0.1) is 11.0 Å². The normalized spacial score (nSPS) is 12.3. The van der Waals surface area contributed by atoms with E-state index in [9.17, 15) is 14.9 Å². The first-order valence-electron chi connectivity index (χ1n) is 9.89. The van der Waals surface area contributed by atoms with Gasteiger partial charge in [0.15, 0.2) is 0 Å². The van der Waals surface area contributed by atoms with Crippen molar-refractivity contribution in [3.05, 3.63) is 111 Å². The Morgan fingerprint density at radius 3 is 2.37 bits per heavy atom. The Morgan fingerprint density at radius 1 is 1.03 bits per heavy atom. The van der Waals surface area contributed by atoms with Crippen LogP contribution in [0.3, 0.4) is 0 Å². The molecule has 0 aliphatic carbocycles. The van der Waals surface area contributed by atoms with E-state index in [1.807, 2.05) is 49.4 Å². The number of nitrogens with one attached hydrogen (secondary N) is 1. The van der Waals surface area contributed by atoms with Crippen LogP contribution in [0.4, 0.5) is 5.69 Å². The molecule has 0 fully saturated rings. The smallest absolute Gasteiger partial charge is 0.270 e. The number of aryl methyl sites for hydroxylation is 1. The van der Waals surface area contributed by atoms with E-state index in [0.29, 0.717) is 11.1 Å². The molecule has 1 N–H and O–H groups in total. The molecule has 0 spiro atoms. The molecule has 1 amide bonds. The van der Waals surface area contributed by atoms with Crippen LogP contribution in [0.1, 0.15) is 42.1 Å². The maximum atomic E-state index is 13.2. The van der Waals surface area contributed by atoms with E-state index < -0.39 is 4.92 Å². The molecule has 152 valence electrons. The number of rotatable bonds is 7. The molecule has 0 aromatic heterocycles. The van der Waals surface area contributed by atoms with E-state index in [-0.39, 0.29) is 17.6 Å². The second-order valence-electron chi connectivity index (χ2n) is 7.07. The molecule has 3 rings (SSSR count). The van der Waals surface area contributed by atoms with Crippen molar-refractivity contribution in [1.29, 1.82) is 0 Å². The number of carbonyl (C=O) groups excluding carboxylic acids is 1. The van der Waals surface area contributed by atoms with Gasteiger partial charge in [-0.2, -0.15) is 0 Å². The third-order valence-corrected chi connectivity index (χ3v) is 4.96. The van der Waals surface area contributed by atoms with Gasteiger partial charge < -0.3 is 5.32 Å². The molecule has 0 bridgehead atoms. The zero-order valence-electron chi connectivity index (χ0n) is 17.0. The summed E-state index contributed by atoms with van der Waals surface area (Å²) in [5.74, 6) is -0.236. The van der Waals surface area contributed by atoms with Gasteiger partial charge in [-0.25, -0.2) is 0 Å². The number of nitro benzene ring substituents is 1. The Bertz CT molecular complexity index is 1060. The predicted octanol–water partition coefficient (Wildman–Crippen LogP) is 5.58. The van der Waals surface area contributed by atoms with E-state index in [4.69, 9.17) is 0 Å². The number of non-ortho nitro benzene ring substituents is 1. The number of carbonyl (C=O) groups is 1. The fraction of sp³-hybridized carbons (Fsp3) is 0.160. The van der Waals surface area contributed by atoms with E-state index in [1.54, 1.807) is 18.2 Å². The zero-order chi connectivity index (χ0) is 21.5. The van der Waals surface area contributed by atoms with Crippen LogP contribution in [-0.4, -0.2) is 10.8 Å². The first-order valence-corrected chi connectivity index (χ1v) is 9.89. The van der Waals surface area contributed by atoms with Crippen LogP contribution >= 0.6 is 0 Å². The second kappa shape index (κ2) is 9.65. The number of hydrogen-bond acceptors (Lipinski definition) is 3. The number of nitro groups is 1. The van der Waals surface area contributed by atoms with Gasteiger partial charge in [0.2, 0.25) is 0 Å². The summed E-state index contributed by atoms with van der Waals surface area (Å²) in [5, 5.41) is 14.1. The maximum Gasteiger partial charge on any atom is 0.270 e. The highest BCUT2D eigenvalue weighted by atomic mass is 16.6. The summed E-state index contributed by atoms with van der Waals surface area (Å²) < 4.78 is 0. The van der Waals surface area contributed by atoms with Crippen molar-refractivity contribution >= 4 is 23.2 Å². The largest absolute Gasteiger partial charge is 0.345 e. The molecule has 3 aromatic carbocycles. The molecule has 3 aromatic rings. The summed E-state index contributed by atoms with van der Waals surface area (Å²) in [5.41, 5.74) is 4.04. The molecule has 30 heavy (non-hydrogen) atoms. The van der Waals surface area contributed by atoms with Gasteiger partial charge in [0, 0.05) is 17.7 Å². The van der Waals surface area contributed by atoms with Crippen LogP contribution in [0.15, 0.2) is 78.9 Å². The van der Waals surface area contributed by atoms with Gasteiger partial charge in [-0.15, -0.1) is 0 Å². The van der Waals surface area contributed by atoms with Gasteiger partial charge in [-0.1, -0.05) is 73.7 Å². The molecule has 0 aliphatic rings. The minimum atomic E-state index is -0.443. The van der Waals surface area contributed by atoms with Crippen molar-refractivity contribution in [2.24, 2.45) is 0 Å². The first-order chi connectivity index (χ1) is 14.5. The topological polar surface area (TPSA) is 72.2 Å². The van der Waals surface area contributed by atoms with Gasteiger partial charge in [-0.05, 0) is 41.7 Å². The van der Waals surface area contributed by atoms with Crippen molar-refractivity contribution in [1.82, 2.24) is 5.32 Å². The van der Waals surface area contributed by atoms with Gasteiger partial charge in [-0.3, -0.25) is 14.9 Å².